The van der Waals surface area contributed by atoms with Gasteiger partial charge < -0.3 is 15.4 Å². The van der Waals surface area contributed by atoms with Crippen LogP contribution in [0.5, 0.6) is 11.5 Å². The summed E-state index contributed by atoms with van der Waals surface area (Å²) in [7, 11) is 0. The summed E-state index contributed by atoms with van der Waals surface area (Å²) >= 11 is 10.0. The zero-order valence-corrected chi connectivity index (χ0v) is 24.4. The van der Waals surface area contributed by atoms with E-state index in [4.69, 9.17) is 21.3 Å². The summed E-state index contributed by atoms with van der Waals surface area (Å²) in [6.45, 7) is 0.535. The maximum Gasteiger partial charge on any atom is 0.236 e. The highest BCUT2D eigenvalue weighted by atomic mass is 79.9. The number of hydrogen-bond donors (Lipinski definition) is 2. The highest BCUT2D eigenvalue weighted by molar-refractivity contribution is 9.10. The Morgan fingerprint density at radius 2 is 1.57 bits per heavy atom. The Morgan fingerprint density at radius 3 is 2.29 bits per heavy atom. The Bertz CT molecular complexity index is 1910. The molecule has 0 atom stereocenters. The number of halogens is 2. The Labute approximate surface area is 255 Å². The first-order chi connectivity index (χ1) is 20.5. The molecular formula is C33H23BrClN5O2. The third-order valence-corrected chi connectivity index (χ3v) is 8.10. The van der Waals surface area contributed by atoms with Crippen LogP contribution in [0.4, 0.5) is 11.5 Å². The van der Waals surface area contributed by atoms with E-state index in [1.165, 1.54) is 0 Å². The second kappa shape index (κ2) is 11.0. The molecule has 0 spiro atoms. The van der Waals surface area contributed by atoms with E-state index in [1.807, 2.05) is 103 Å². The molecule has 0 saturated carbocycles. The van der Waals surface area contributed by atoms with Crippen molar-refractivity contribution in [3.05, 3.63) is 136 Å². The molecule has 1 aliphatic heterocycles. The Balaban J connectivity index is 1.10. The molecule has 1 aliphatic rings. The first-order valence-corrected chi connectivity index (χ1v) is 14.5. The Hall–Kier alpha value is -4.66. The number of amides is 1. The van der Waals surface area contributed by atoms with Gasteiger partial charge in [-0.3, -0.25) is 4.79 Å². The standard InChI is InChI=1S/C33H23BrClN5O2/c34-25-19-37-40-30(17-27(39-32(25)40)22-7-1-4-10-26(22)35)36-18-20-13-15-21(16-14-20)38-33(41)31-23-8-2-5-11-28(23)42-29-12-6-3-9-24(29)31/h1-17,19,31,36H,18H2,(H,38,41). The van der Waals surface area contributed by atoms with Gasteiger partial charge in [0.25, 0.3) is 0 Å². The van der Waals surface area contributed by atoms with E-state index in [2.05, 4.69) is 31.7 Å². The molecule has 0 aliphatic carbocycles. The zero-order valence-electron chi connectivity index (χ0n) is 22.1. The summed E-state index contributed by atoms with van der Waals surface area (Å²) in [4.78, 5) is 18.3. The smallest absolute Gasteiger partial charge is 0.236 e. The van der Waals surface area contributed by atoms with Crippen molar-refractivity contribution >= 4 is 50.6 Å². The number of hydrogen-bond acceptors (Lipinski definition) is 5. The van der Waals surface area contributed by atoms with Crippen LogP contribution in [0.3, 0.4) is 0 Å². The lowest BCUT2D eigenvalue weighted by Gasteiger charge is -2.27. The Morgan fingerprint density at radius 1 is 0.905 bits per heavy atom. The van der Waals surface area contributed by atoms with Gasteiger partial charge in [0.1, 0.15) is 17.3 Å². The van der Waals surface area contributed by atoms with E-state index in [0.717, 1.165) is 38.2 Å². The number of aromatic nitrogens is 3. The summed E-state index contributed by atoms with van der Waals surface area (Å²) in [5, 5.41) is 11.7. The number of ether oxygens (including phenoxy) is 1. The lowest BCUT2D eigenvalue weighted by atomic mass is 9.87. The van der Waals surface area contributed by atoms with Crippen LogP contribution < -0.4 is 15.4 Å². The van der Waals surface area contributed by atoms with Crippen molar-refractivity contribution in [2.45, 2.75) is 12.5 Å². The normalized spacial score (nSPS) is 12.3. The predicted octanol–water partition coefficient (Wildman–Crippen LogP) is 8.30. The van der Waals surface area contributed by atoms with Crippen LogP contribution in [0.15, 0.2) is 114 Å². The number of benzene rings is 4. The lowest BCUT2D eigenvalue weighted by Crippen LogP contribution is -2.25. The summed E-state index contributed by atoms with van der Waals surface area (Å²) in [6, 6.07) is 32.7. The van der Waals surface area contributed by atoms with Gasteiger partial charge in [-0.1, -0.05) is 78.3 Å². The second-order valence-corrected chi connectivity index (χ2v) is 11.1. The molecule has 3 heterocycles. The summed E-state index contributed by atoms with van der Waals surface area (Å²) < 4.78 is 8.59. The molecule has 1 amide bonds. The van der Waals surface area contributed by atoms with Gasteiger partial charge in [-0.2, -0.15) is 9.61 Å². The van der Waals surface area contributed by atoms with Crippen LogP contribution in [-0.2, 0) is 11.3 Å². The second-order valence-electron chi connectivity index (χ2n) is 9.88. The van der Waals surface area contributed by atoms with Crippen LogP contribution in [0.25, 0.3) is 16.9 Å². The molecule has 0 fully saturated rings. The SMILES string of the molecule is O=C(Nc1ccc(CNc2cc(-c3ccccc3Cl)nc3c(Br)cnn23)cc1)C1c2ccccc2Oc2ccccc21. The molecule has 7 rings (SSSR count). The average Bonchev–Trinajstić information content (AvgIpc) is 3.40. The molecule has 2 N–H and O–H groups in total. The molecule has 6 aromatic rings. The average molecular weight is 637 g/mol. The summed E-state index contributed by atoms with van der Waals surface area (Å²) in [5.41, 5.74) is 5.71. The molecule has 0 saturated heterocycles. The fourth-order valence-electron chi connectivity index (χ4n) is 5.17. The summed E-state index contributed by atoms with van der Waals surface area (Å²) in [6.07, 6.45) is 1.72. The molecule has 0 radical (unpaired) electrons. The van der Waals surface area contributed by atoms with Crippen molar-refractivity contribution in [1.82, 2.24) is 14.6 Å². The number of carbonyl (C=O) groups is 1. The number of anilines is 2. The third-order valence-electron chi connectivity index (χ3n) is 7.22. The van der Waals surface area contributed by atoms with Crippen LogP contribution >= 0.6 is 27.5 Å². The molecule has 2 aromatic heterocycles. The van der Waals surface area contributed by atoms with Gasteiger partial charge in [-0.15, -0.1) is 0 Å². The fourth-order valence-corrected chi connectivity index (χ4v) is 5.76. The van der Waals surface area contributed by atoms with Crippen LogP contribution in [0, 0.1) is 0 Å². The van der Waals surface area contributed by atoms with Crippen molar-refractivity contribution in [1.29, 1.82) is 0 Å². The third kappa shape index (κ3) is 4.89. The van der Waals surface area contributed by atoms with Gasteiger partial charge in [0.2, 0.25) is 5.91 Å². The fraction of sp³-hybridized carbons (Fsp3) is 0.0606. The zero-order chi connectivity index (χ0) is 28.6. The maximum absolute atomic E-state index is 13.6. The van der Waals surface area contributed by atoms with E-state index >= 15 is 0 Å². The van der Waals surface area contributed by atoms with E-state index in [0.29, 0.717) is 34.4 Å². The molecule has 4 aromatic carbocycles. The highest BCUT2D eigenvalue weighted by Crippen LogP contribution is 2.44. The van der Waals surface area contributed by atoms with E-state index < -0.39 is 5.92 Å². The van der Waals surface area contributed by atoms with Gasteiger partial charge in [-0.05, 0) is 51.8 Å². The van der Waals surface area contributed by atoms with Gasteiger partial charge in [-0.25, -0.2) is 4.98 Å². The summed E-state index contributed by atoms with van der Waals surface area (Å²) in [5.74, 6) is 1.59. The first kappa shape index (κ1) is 26.3. The monoisotopic (exact) mass is 635 g/mol. The molecule has 0 bridgehead atoms. The first-order valence-electron chi connectivity index (χ1n) is 13.3. The number of para-hydroxylation sites is 2. The molecule has 7 nitrogen and oxygen atoms in total. The molecule has 42 heavy (non-hydrogen) atoms. The topological polar surface area (TPSA) is 80.5 Å². The maximum atomic E-state index is 13.6. The highest BCUT2D eigenvalue weighted by Gasteiger charge is 2.32. The van der Waals surface area contributed by atoms with Crippen LogP contribution in [0.2, 0.25) is 5.02 Å². The molecular weight excluding hydrogens is 614 g/mol. The molecule has 206 valence electrons. The van der Waals surface area contributed by atoms with Crippen molar-refractivity contribution in [3.63, 3.8) is 0 Å². The number of fused-ring (bicyclic) bond motifs is 3. The largest absolute Gasteiger partial charge is 0.457 e. The van der Waals surface area contributed by atoms with Gasteiger partial charge in [0.05, 0.1) is 22.3 Å². The number of rotatable bonds is 6. The van der Waals surface area contributed by atoms with Crippen molar-refractivity contribution < 1.29 is 9.53 Å². The molecule has 9 heteroatoms. The quantitative estimate of drug-likeness (QED) is 0.192. The van der Waals surface area contributed by atoms with E-state index in [-0.39, 0.29) is 5.91 Å². The van der Waals surface area contributed by atoms with Crippen molar-refractivity contribution in [3.8, 4) is 22.8 Å². The lowest BCUT2D eigenvalue weighted by molar-refractivity contribution is -0.116. The van der Waals surface area contributed by atoms with Crippen molar-refractivity contribution in [2.75, 3.05) is 10.6 Å². The number of carbonyl (C=O) groups excluding carboxylic acids is 1. The Kier molecular flexibility index (Phi) is 6.85. The van der Waals surface area contributed by atoms with E-state index in [1.54, 1.807) is 10.7 Å². The van der Waals surface area contributed by atoms with Crippen LogP contribution in [-0.4, -0.2) is 20.5 Å². The van der Waals surface area contributed by atoms with Crippen LogP contribution in [0.1, 0.15) is 22.6 Å². The minimum Gasteiger partial charge on any atom is -0.457 e. The van der Waals surface area contributed by atoms with E-state index in [9.17, 15) is 4.79 Å². The van der Waals surface area contributed by atoms with Gasteiger partial charge >= 0.3 is 0 Å². The van der Waals surface area contributed by atoms with Gasteiger partial charge in [0, 0.05) is 40.0 Å². The van der Waals surface area contributed by atoms with Crippen molar-refractivity contribution in [2.24, 2.45) is 0 Å². The van der Waals surface area contributed by atoms with Gasteiger partial charge in [0.15, 0.2) is 5.65 Å². The molecule has 0 unspecified atom stereocenters. The number of nitrogens with one attached hydrogen (secondary N) is 2. The minimum absolute atomic E-state index is 0.111. The predicted molar refractivity (Wildman–Crippen MR) is 168 cm³/mol. The number of nitrogens with zero attached hydrogens (tertiary/aromatic N) is 3. The minimum atomic E-state index is -0.470.